The number of nitrogens with two attached hydrogens (primary N) is 1. The molecule has 20 heavy (non-hydrogen) atoms. The first-order valence-corrected chi connectivity index (χ1v) is 7.05. The smallest absolute Gasteiger partial charge is 0.191 e. The molecule has 0 aliphatic carbocycles. The molecule has 2 rings (SSSR count). The Bertz CT molecular complexity index is 429. The average Bonchev–Trinajstić information content (AvgIpc) is 2.70. The molecule has 3 nitrogen and oxygen atoms in total. The monoisotopic (exact) mass is 391 g/mol. The number of likely N-dealkylation sites (tertiary alicyclic amines) is 1. The maximum atomic E-state index is 13.4. The number of nitrogens with zero attached hydrogens (tertiary/aromatic N) is 2. The van der Waals surface area contributed by atoms with Crippen molar-refractivity contribution in [3.63, 3.8) is 0 Å². The number of guanidine groups is 1. The van der Waals surface area contributed by atoms with E-state index in [2.05, 4.69) is 9.89 Å². The first kappa shape index (κ1) is 17.2. The highest BCUT2D eigenvalue weighted by molar-refractivity contribution is 14.0. The molecule has 0 atom stereocenters. The van der Waals surface area contributed by atoms with Crippen LogP contribution in [-0.4, -0.2) is 30.5 Å². The number of halogens is 2. The van der Waals surface area contributed by atoms with Crippen LogP contribution in [0.25, 0.3) is 0 Å². The van der Waals surface area contributed by atoms with Crippen molar-refractivity contribution < 1.29 is 4.39 Å². The molecular weight excluding hydrogens is 368 g/mol. The Labute approximate surface area is 137 Å². The lowest BCUT2D eigenvalue weighted by Crippen LogP contribution is -2.38. The first-order chi connectivity index (χ1) is 9.27. The molecular formula is C15H23FIN3. The first-order valence-electron chi connectivity index (χ1n) is 7.05. The lowest BCUT2D eigenvalue weighted by atomic mass is 10.1. The highest BCUT2D eigenvalue weighted by atomic mass is 127. The summed E-state index contributed by atoms with van der Waals surface area (Å²) in [6.45, 7) is 2.54. The van der Waals surface area contributed by atoms with Crippen LogP contribution in [0, 0.1) is 5.82 Å². The lowest BCUT2D eigenvalue weighted by Gasteiger charge is -2.21. The Kier molecular flexibility index (Phi) is 7.87. The van der Waals surface area contributed by atoms with E-state index in [1.165, 1.54) is 31.7 Å². The minimum atomic E-state index is -0.161. The fourth-order valence-corrected chi connectivity index (χ4v) is 2.39. The SMILES string of the molecule is I.NC(=NCCc1ccccc1F)N1CCCCCC1. The quantitative estimate of drug-likeness (QED) is 0.489. The third kappa shape index (κ3) is 5.26. The Morgan fingerprint density at radius 2 is 1.80 bits per heavy atom. The van der Waals surface area contributed by atoms with Crippen LogP contribution in [0.3, 0.4) is 0 Å². The van der Waals surface area contributed by atoms with Crippen LogP contribution < -0.4 is 5.73 Å². The standard InChI is InChI=1S/C15H22FN3.HI/c16-14-8-4-3-7-13(14)9-10-18-15(17)19-11-5-1-2-6-12-19;/h3-4,7-8H,1-2,5-6,9-12H2,(H2,17,18);1H. The average molecular weight is 391 g/mol. The fourth-order valence-electron chi connectivity index (χ4n) is 2.39. The normalized spacial score (nSPS) is 16.4. The van der Waals surface area contributed by atoms with Gasteiger partial charge < -0.3 is 10.6 Å². The van der Waals surface area contributed by atoms with Gasteiger partial charge in [0.1, 0.15) is 5.82 Å². The molecule has 1 saturated heterocycles. The molecule has 0 spiro atoms. The summed E-state index contributed by atoms with van der Waals surface area (Å²) in [5, 5.41) is 0. The van der Waals surface area contributed by atoms with Crippen LogP contribution in [0.2, 0.25) is 0 Å². The Morgan fingerprint density at radius 3 is 2.45 bits per heavy atom. The molecule has 5 heteroatoms. The van der Waals surface area contributed by atoms with Crippen LogP contribution in [0.1, 0.15) is 31.2 Å². The van der Waals surface area contributed by atoms with Crippen molar-refractivity contribution in [1.82, 2.24) is 4.90 Å². The Balaban J connectivity index is 0.00000200. The molecule has 0 aromatic heterocycles. The van der Waals surface area contributed by atoms with Crippen LogP contribution in [0.15, 0.2) is 29.3 Å². The van der Waals surface area contributed by atoms with Gasteiger partial charge in [-0.1, -0.05) is 31.0 Å². The summed E-state index contributed by atoms with van der Waals surface area (Å²) in [4.78, 5) is 6.53. The third-order valence-electron chi connectivity index (χ3n) is 3.54. The van der Waals surface area contributed by atoms with Crippen molar-refractivity contribution in [2.24, 2.45) is 10.7 Å². The van der Waals surface area contributed by atoms with Gasteiger partial charge in [-0.25, -0.2) is 4.39 Å². The van der Waals surface area contributed by atoms with Gasteiger partial charge in [0, 0.05) is 19.6 Å². The molecule has 1 aromatic carbocycles. The number of hydrogen-bond acceptors (Lipinski definition) is 1. The molecule has 0 bridgehead atoms. The van der Waals surface area contributed by atoms with Crippen LogP contribution in [0.5, 0.6) is 0 Å². The zero-order chi connectivity index (χ0) is 13.5. The van der Waals surface area contributed by atoms with Gasteiger partial charge in [-0.3, -0.25) is 4.99 Å². The van der Waals surface area contributed by atoms with Crippen molar-refractivity contribution in [2.45, 2.75) is 32.1 Å². The van der Waals surface area contributed by atoms with E-state index >= 15 is 0 Å². The summed E-state index contributed by atoms with van der Waals surface area (Å²) in [7, 11) is 0. The van der Waals surface area contributed by atoms with E-state index < -0.39 is 0 Å². The molecule has 0 radical (unpaired) electrons. The molecule has 1 fully saturated rings. The minimum Gasteiger partial charge on any atom is -0.370 e. The van der Waals surface area contributed by atoms with Crippen molar-refractivity contribution in [3.8, 4) is 0 Å². The molecule has 0 unspecified atom stereocenters. The minimum absolute atomic E-state index is 0. The van der Waals surface area contributed by atoms with Gasteiger partial charge in [-0.15, -0.1) is 24.0 Å². The van der Waals surface area contributed by atoms with E-state index in [1.54, 1.807) is 12.1 Å². The molecule has 112 valence electrons. The van der Waals surface area contributed by atoms with Crippen LogP contribution >= 0.6 is 24.0 Å². The van der Waals surface area contributed by atoms with E-state index in [9.17, 15) is 4.39 Å². The fraction of sp³-hybridized carbons (Fsp3) is 0.533. The second-order valence-electron chi connectivity index (χ2n) is 4.98. The van der Waals surface area contributed by atoms with Crippen LogP contribution in [0.4, 0.5) is 4.39 Å². The summed E-state index contributed by atoms with van der Waals surface area (Å²) >= 11 is 0. The second-order valence-corrected chi connectivity index (χ2v) is 4.98. The topological polar surface area (TPSA) is 41.6 Å². The van der Waals surface area contributed by atoms with Gasteiger partial charge in [-0.05, 0) is 30.9 Å². The maximum absolute atomic E-state index is 13.4. The summed E-state index contributed by atoms with van der Waals surface area (Å²) in [5.74, 6) is 0.448. The van der Waals surface area contributed by atoms with Crippen molar-refractivity contribution in [3.05, 3.63) is 35.6 Å². The number of hydrogen-bond donors (Lipinski definition) is 1. The largest absolute Gasteiger partial charge is 0.370 e. The lowest BCUT2D eigenvalue weighted by molar-refractivity contribution is 0.428. The van der Waals surface area contributed by atoms with Gasteiger partial charge in [-0.2, -0.15) is 0 Å². The zero-order valence-corrected chi connectivity index (χ0v) is 14.1. The molecule has 2 N–H and O–H groups in total. The van der Waals surface area contributed by atoms with E-state index in [0.29, 0.717) is 24.5 Å². The number of aliphatic imine (C=N–C) groups is 1. The summed E-state index contributed by atoms with van der Waals surface area (Å²) in [5.41, 5.74) is 6.71. The Hall–Kier alpha value is -0.850. The van der Waals surface area contributed by atoms with E-state index in [-0.39, 0.29) is 29.8 Å². The van der Waals surface area contributed by atoms with Gasteiger partial charge in [0.25, 0.3) is 0 Å². The van der Waals surface area contributed by atoms with E-state index in [1.807, 2.05) is 6.07 Å². The van der Waals surface area contributed by atoms with Gasteiger partial charge in [0.15, 0.2) is 5.96 Å². The molecule has 1 aliphatic heterocycles. The highest BCUT2D eigenvalue weighted by Gasteiger charge is 2.10. The zero-order valence-electron chi connectivity index (χ0n) is 11.7. The second kappa shape index (κ2) is 9.15. The van der Waals surface area contributed by atoms with Gasteiger partial charge in [0.05, 0.1) is 0 Å². The van der Waals surface area contributed by atoms with E-state index in [0.717, 1.165) is 13.1 Å². The molecule has 1 aromatic rings. The molecule has 1 heterocycles. The van der Waals surface area contributed by atoms with Gasteiger partial charge >= 0.3 is 0 Å². The number of benzene rings is 1. The van der Waals surface area contributed by atoms with Gasteiger partial charge in [0.2, 0.25) is 0 Å². The predicted octanol–water partition coefficient (Wildman–Crippen LogP) is 3.18. The van der Waals surface area contributed by atoms with E-state index in [4.69, 9.17) is 5.73 Å². The Morgan fingerprint density at radius 1 is 1.15 bits per heavy atom. The van der Waals surface area contributed by atoms with Crippen LogP contribution in [-0.2, 0) is 6.42 Å². The summed E-state index contributed by atoms with van der Waals surface area (Å²) in [6.07, 6.45) is 5.52. The summed E-state index contributed by atoms with van der Waals surface area (Å²) < 4.78 is 13.4. The van der Waals surface area contributed by atoms with Crippen molar-refractivity contribution in [2.75, 3.05) is 19.6 Å². The van der Waals surface area contributed by atoms with Crippen molar-refractivity contribution >= 4 is 29.9 Å². The molecule has 1 aliphatic rings. The highest BCUT2D eigenvalue weighted by Crippen LogP contribution is 2.10. The molecule has 0 saturated carbocycles. The number of rotatable bonds is 3. The molecule has 0 amide bonds. The predicted molar refractivity (Wildman–Crippen MR) is 92.0 cm³/mol. The maximum Gasteiger partial charge on any atom is 0.191 e. The summed E-state index contributed by atoms with van der Waals surface area (Å²) in [6, 6.07) is 6.83. The van der Waals surface area contributed by atoms with Crippen molar-refractivity contribution in [1.29, 1.82) is 0 Å². The third-order valence-corrected chi connectivity index (χ3v) is 3.54.